The summed E-state index contributed by atoms with van der Waals surface area (Å²) in [6.07, 6.45) is 0. The Morgan fingerprint density at radius 2 is 1.07 bits per heavy atom. The second-order valence-corrected chi connectivity index (χ2v) is 10.8. The third-order valence-electron chi connectivity index (χ3n) is 8.52. The molecule has 2 nitrogen and oxygen atoms in total. The fourth-order valence-corrected chi connectivity index (χ4v) is 6.66. The van der Waals surface area contributed by atoms with Crippen molar-refractivity contribution in [3.63, 3.8) is 0 Å². The van der Waals surface area contributed by atoms with Crippen molar-refractivity contribution in [3.8, 4) is 22.4 Å². The van der Waals surface area contributed by atoms with Gasteiger partial charge in [-0.3, -0.25) is 0 Å². The lowest BCUT2D eigenvalue weighted by atomic mass is 9.90. The highest BCUT2D eigenvalue weighted by molar-refractivity contribution is 6.21. The lowest BCUT2D eigenvalue weighted by Gasteiger charge is -2.14. The summed E-state index contributed by atoms with van der Waals surface area (Å²) in [6, 6.07) is 52.6. The zero-order valence-corrected chi connectivity index (χ0v) is 22.3. The molecule has 2 aromatic heterocycles. The van der Waals surface area contributed by atoms with Crippen molar-refractivity contribution in [3.05, 3.63) is 146 Å². The molecule has 9 rings (SSSR count). The van der Waals surface area contributed by atoms with E-state index in [0.717, 1.165) is 27.8 Å². The average Bonchev–Trinajstić information content (AvgIpc) is 3.44. The molecule has 0 spiro atoms. The van der Waals surface area contributed by atoms with Crippen LogP contribution in [0.2, 0.25) is 0 Å². The fraction of sp³-hybridized carbons (Fsp3) is 0. The van der Waals surface area contributed by atoms with E-state index in [0.29, 0.717) is 0 Å². The third kappa shape index (κ3) is 3.28. The average molecular weight is 521 g/mol. The van der Waals surface area contributed by atoms with Gasteiger partial charge in [0, 0.05) is 10.9 Å². The van der Waals surface area contributed by atoms with Crippen LogP contribution in [0.3, 0.4) is 0 Å². The number of nitrogens with zero attached hydrogens (tertiary/aromatic N) is 2. The summed E-state index contributed by atoms with van der Waals surface area (Å²) in [5, 5.41) is 8.88. The molecular formula is C39H24N2. The van der Waals surface area contributed by atoms with Gasteiger partial charge in [-0.25, -0.2) is 4.98 Å². The Labute approximate surface area is 236 Å². The van der Waals surface area contributed by atoms with Crippen molar-refractivity contribution in [2.24, 2.45) is 0 Å². The first kappa shape index (κ1) is 22.4. The highest BCUT2D eigenvalue weighted by atomic mass is 14.9. The van der Waals surface area contributed by atoms with Crippen LogP contribution >= 0.6 is 0 Å². The molecule has 0 N–H and O–H groups in total. The molecule has 0 bridgehead atoms. The number of hydrogen-bond acceptors (Lipinski definition) is 1. The van der Waals surface area contributed by atoms with E-state index in [2.05, 4.69) is 150 Å². The molecule has 7 aromatic carbocycles. The Morgan fingerprint density at radius 3 is 1.98 bits per heavy atom. The molecule has 0 radical (unpaired) electrons. The zero-order valence-electron chi connectivity index (χ0n) is 22.3. The molecule has 0 amide bonds. The second kappa shape index (κ2) is 8.51. The first-order chi connectivity index (χ1) is 20.3. The van der Waals surface area contributed by atoms with Crippen molar-refractivity contribution < 1.29 is 0 Å². The Kier molecular flexibility index (Phi) is 4.64. The van der Waals surface area contributed by atoms with Crippen LogP contribution in [0.5, 0.6) is 0 Å². The van der Waals surface area contributed by atoms with Gasteiger partial charge in [-0.05, 0) is 79.8 Å². The van der Waals surface area contributed by atoms with Crippen LogP contribution in [0, 0.1) is 0 Å². The predicted octanol–water partition coefficient (Wildman–Crippen LogP) is 10.4. The smallest absolute Gasteiger partial charge is 0.0951 e. The van der Waals surface area contributed by atoms with Crippen molar-refractivity contribution in [1.29, 1.82) is 0 Å². The Morgan fingerprint density at radius 1 is 0.390 bits per heavy atom. The Hall–Kier alpha value is -5.47. The first-order valence-electron chi connectivity index (χ1n) is 14.1. The Balaban J connectivity index is 1.35. The molecule has 0 atom stereocenters. The number of rotatable bonds is 2. The fourth-order valence-electron chi connectivity index (χ4n) is 6.66. The molecule has 41 heavy (non-hydrogen) atoms. The molecule has 0 unspecified atom stereocenters. The molecule has 9 aromatic rings. The van der Waals surface area contributed by atoms with Gasteiger partial charge in [-0.15, -0.1) is 0 Å². The predicted molar refractivity (Wildman–Crippen MR) is 174 cm³/mol. The maximum atomic E-state index is 5.24. The van der Waals surface area contributed by atoms with E-state index in [1.165, 1.54) is 54.3 Å². The van der Waals surface area contributed by atoms with Crippen LogP contribution in [-0.2, 0) is 0 Å². The summed E-state index contributed by atoms with van der Waals surface area (Å²) in [5.74, 6) is 0. The topological polar surface area (TPSA) is 17.3 Å². The highest BCUT2D eigenvalue weighted by Gasteiger charge is 2.16. The summed E-state index contributed by atoms with van der Waals surface area (Å²) >= 11 is 0. The largest absolute Gasteiger partial charge is 0.306 e. The van der Waals surface area contributed by atoms with Gasteiger partial charge in [0.05, 0.1) is 27.8 Å². The first-order valence-corrected chi connectivity index (χ1v) is 14.1. The molecule has 0 fully saturated rings. The van der Waals surface area contributed by atoms with Gasteiger partial charge >= 0.3 is 0 Å². The Bertz CT molecular complexity index is 2480. The van der Waals surface area contributed by atoms with Gasteiger partial charge in [-0.2, -0.15) is 0 Å². The number of para-hydroxylation sites is 3. The van der Waals surface area contributed by atoms with E-state index in [1.807, 2.05) is 0 Å². The number of benzene rings is 7. The van der Waals surface area contributed by atoms with E-state index in [9.17, 15) is 0 Å². The van der Waals surface area contributed by atoms with Gasteiger partial charge in [0.15, 0.2) is 0 Å². The van der Waals surface area contributed by atoms with E-state index >= 15 is 0 Å². The summed E-state index contributed by atoms with van der Waals surface area (Å²) in [5.41, 5.74) is 8.98. The lowest BCUT2D eigenvalue weighted by molar-refractivity contribution is 1.27. The summed E-state index contributed by atoms with van der Waals surface area (Å²) in [4.78, 5) is 5.24. The normalized spacial score (nSPS) is 11.9. The van der Waals surface area contributed by atoms with Crippen LogP contribution in [0.4, 0.5) is 0 Å². The molecule has 2 heterocycles. The van der Waals surface area contributed by atoms with Gasteiger partial charge < -0.3 is 4.40 Å². The number of aromatic nitrogens is 2. The van der Waals surface area contributed by atoms with E-state index in [1.54, 1.807) is 0 Å². The summed E-state index contributed by atoms with van der Waals surface area (Å²) < 4.78 is 2.36. The van der Waals surface area contributed by atoms with Crippen LogP contribution in [0.1, 0.15) is 0 Å². The minimum atomic E-state index is 0.990. The molecule has 0 saturated carbocycles. The molecule has 190 valence electrons. The number of fused-ring (bicyclic) bond motifs is 10. The monoisotopic (exact) mass is 520 g/mol. The second-order valence-electron chi connectivity index (χ2n) is 10.8. The van der Waals surface area contributed by atoms with Crippen LogP contribution in [0.15, 0.2) is 146 Å². The van der Waals surface area contributed by atoms with E-state index < -0.39 is 0 Å². The van der Waals surface area contributed by atoms with Crippen molar-refractivity contribution in [1.82, 2.24) is 9.38 Å². The van der Waals surface area contributed by atoms with Gasteiger partial charge in [0.2, 0.25) is 0 Å². The molecule has 0 aliphatic carbocycles. The van der Waals surface area contributed by atoms with Gasteiger partial charge in [0.25, 0.3) is 0 Å². The maximum absolute atomic E-state index is 5.24. The summed E-state index contributed by atoms with van der Waals surface area (Å²) in [6.45, 7) is 0. The van der Waals surface area contributed by atoms with Crippen LogP contribution in [0.25, 0.3) is 82.2 Å². The SMILES string of the molecule is c1cc(-c2cc3c4ccccc4ccc3c3ccccc23)cc(-c2nc3ccccc3n3c2cc2ccccc23)c1. The zero-order chi connectivity index (χ0) is 26.9. The quantitative estimate of drug-likeness (QED) is 0.207. The maximum Gasteiger partial charge on any atom is 0.0951 e. The van der Waals surface area contributed by atoms with Crippen molar-refractivity contribution in [2.45, 2.75) is 0 Å². The number of hydrogen-bond donors (Lipinski definition) is 0. The molecule has 0 aliphatic rings. The van der Waals surface area contributed by atoms with Gasteiger partial charge in [0.1, 0.15) is 0 Å². The van der Waals surface area contributed by atoms with Gasteiger partial charge in [-0.1, -0.05) is 109 Å². The molecular weight excluding hydrogens is 496 g/mol. The molecule has 0 saturated heterocycles. The summed E-state index contributed by atoms with van der Waals surface area (Å²) in [7, 11) is 0. The lowest BCUT2D eigenvalue weighted by Crippen LogP contribution is -1.95. The minimum Gasteiger partial charge on any atom is -0.306 e. The minimum absolute atomic E-state index is 0.990. The van der Waals surface area contributed by atoms with E-state index in [4.69, 9.17) is 4.98 Å². The molecule has 2 heteroatoms. The standard InChI is InChI=1S/C39H24N2/c1-3-14-29-25(10-1)20-21-32-30-15-4-5-16-31(30)33(24-34(29)32)26-12-9-13-28(22-26)39-38-23-27-11-2-7-18-36(27)41(38)37-19-8-6-17-35(37)40-39/h1-24H. The van der Waals surface area contributed by atoms with Crippen LogP contribution in [-0.4, -0.2) is 9.38 Å². The van der Waals surface area contributed by atoms with Crippen molar-refractivity contribution in [2.75, 3.05) is 0 Å². The van der Waals surface area contributed by atoms with E-state index in [-0.39, 0.29) is 0 Å². The van der Waals surface area contributed by atoms with Crippen LogP contribution < -0.4 is 0 Å². The third-order valence-corrected chi connectivity index (χ3v) is 8.52. The van der Waals surface area contributed by atoms with Crippen molar-refractivity contribution >= 4 is 59.8 Å². The highest BCUT2D eigenvalue weighted by Crippen LogP contribution is 2.40. The molecule has 0 aliphatic heterocycles.